The first-order valence-corrected chi connectivity index (χ1v) is 8.46. The molecule has 0 aliphatic rings. The maximum Gasteiger partial charge on any atom is 0.156 e. The number of benzene rings is 2. The van der Waals surface area contributed by atoms with Gasteiger partial charge in [-0.1, -0.05) is 53.5 Å². The first kappa shape index (κ1) is 18.1. The predicted octanol–water partition coefficient (Wildman–Crippen LogP) is 4.27. The lowest BCUT2D eigenvalue weighted by Crippen LogP contribution is -2.19. The van der Waals surface area contributed by atoms with Crippen LogP contribution in [-0.4, -0.2) is 20.1 Å². The van der Waals surface area contributed by atoms with Crippen molar-refractivity contribution in [2.75, 3.05) is 20.1 Å². The highest BCUT2D eigenvalue weighted by atomic mass is 35.5. The maximum atomic E-state index is 6.32. The highest BCUT2D eigenvalue weighted by Gasteiger charge is 2.10. The Morgan fingerprint density at radius 1 is 0.957 bits per heavy atom. The Balaban J connectivity index is 1.91. The van der Waals surface area contributed by atoms with Gasteiger partial charge in [0.05, 0.1) is 10.0 Å². The van der Waals surface area contributed by atoms with E-state index in [2.05, 4.69) is 10.6 Å². The van der Waals surface area contributed by atoms with Crippen LogP contribution in [0.5, 0.6) is 5.75 Å². The first-order valence-electron chi connectivity index (χ1n) is 7.70. The zero-order chi connectivity index (χ0) is 16.5. The molecule has 0 saturated heterocycles. The number of hydrogen-bond acceptors (Lipinski definition) is 3. The van der Waals surface area contributed by atoms with E-state index in [1.807, 2.05) is 49.5 Å². The molecule has 0 fully saturated rings. The van der Waals surface area contributed by atoms with Gasteiger partial charge in [0.15, 0.2) is 5.75 Å². The molecule has 2 aromatic rings. The predicted molar refractivity (Wildman–Crippen MR) is 97.5 cm³/mol. The van der Waals surface area contributed by atoms with Crippen molar-refractivity contribution in [1.82, 2.24) is 10.6 Å². The van der Waals surface area contributed by atoms with Gasteiger partial charge in [-0.05, 0) is 49.8 Å². The molecule has 0 spiro atoms. The molecule has 0 unspecified atom stereocenters. The second kappa shape index (κ2) is 9.78. The van der Waals surface area contributed by atoms with Crippen LogP contribution < -0.4 is 15.4 Å². The number of nitrogens with one attached hydrogen (secondary N) is 2. The number of ether oxygens (including phenoxy) is 1. The van der Waals surface area contributed by atoms with Crippen LogP contribution in [-0.2, 0) is 13.2 Å². The molecular formula is C18H22Cl2N2O. The largest absolute Gasteiger partial charge is 0.486 e. The Labute approximate surface area is 147 Å². The molecule has 2 aromatic carbocycles. The van der Waals surface area contributed by atoms with Crippen molar-refractivity contribution in [3.63, 3.8) is 0 Å². The van der Waals surface area contributed by atoms with Crippen LogP contribution in [0, 0.1) is 0 Å². The summed E-state index contributed by atoms with van der Waals surface area (Å²) < 4.78 is 5.77. The summed E-state index contributed by atoms with van der Waals surface area (Å²) >= 11 is 12.6. The Morgan fingerprint density at radius 3 is 2.30 bits per heavy atom. The quantitative estimate of drug-likeness (QED) is 0.661. The van der Waals surface area contributed by atoms with Crippen LogP contribution in [0.1, 0.15) is 17.5 Å². The van der Waals surface area contributed by atoms with Crippen LogP contribution in [0.15, 0.2) is 42.5 Å². The molecule has 0 aliphatic carbocycles. The van der Waals surface area contributed by atoms with Gasteiger partial charge in [-0.3, -0.25) is 0 Å². The van der Waals surface area contributed by atoms with Crippen LogP contribution in [0.4, 0.5) is 0 Å². The number of hydrogen-bond donors (Lipinski definition) is 2. The lowest BCUT2D eigenvalue weighted by Gasteiger charge is -2.12. The molecule has 0 saturated carbocycles. The van der Waals surface area contributed by atoms with Crippen molar-refractivity contribution in [2.45, 2.75) is 19.6 Å². The average molecular weight is 353 g/mol. The minimum atomic E-state index is 0.446. The third-order valence-electron chi connectivity index (χ3n) is 3.39. The summed E-state index contributed by atoms with van der Waals surface area (Å²) in [5.41, 5.74) is 2.13. The van der Waals surface area contributed by atoms with Gasteiger partial charge in [0.25, 0.3) is 0 Å². The van der Waals surface area contributed by atoms with E-state index in [0.717, 1.165) is 37.2 Å². The summed E-state index contributed by atoms with van der Waals surface area (Å²) in [6.45, 7) is 3.13. The molecule has 0 atom stereocenters. The molecule has 0 heterocycles. The van der Waals surface area contributed by atoms with E-state index < -0.39 is 0 Å². The molecule has 124 valence electrons. The zero-order valence-corrected chi connectivity index (χ0v) is 14.8. The minimum Gasteiger partial charge on any atom is -0.486 e. The van der Waals surface area contributed by atoms with Gasteiger partial charge in [0, 0.05) is 6.54 Å². The summed E-state index contributed by atoms with van der Waals surface area (Å²) in [5.74, 6) is 0.538. The van der Waals surface area contributed by atoms with Crippen molar-refractivity contribution in [3.8, 4) is 5.75 Å². The first-order chi connectivity index (χ1) is 11.2. The third-order valence-corrected chi connectivity index (χ3v) is 3.96. The monoisotopic (exact) mass is 352 g/mol. The highest BCUT2D eigenvalue weighted by molar-refractivity contribution is 6.37. The van der Waals surface area contributed by atoms with Crippen molar-refractivity contribution in [3.05, 3.63) is 63.6 Å². The standard InChI is InChI=1S/C18H22Cl2N2O/c1-21-8-5-9-22-12-15-10-16(19)18(17(20)11-15)23-13-14-6-3-2-4-7-14/h2-4,6-7,10-11,21-22H,5,8-9,12-13H2,1H3. The molecule has 2 rings (SSSR count). The van der Waals surface area contributed by atoms with E-state index in [1.54, 1.807) is 0 Å². The van der Waals surface area contributed by atoms with E-state index in [1.165, 1.54) is 0 Å². The summed E-state index contributed by atoms with van der Waals surface area (Å²) in [7, 11) is 1.95. The molecule has 0 radical (unpaired) electrons. The normalized spacial score (nSPS) is 10.7. The van der Waals surface area contributed by atoms with Crippen molar-refractivity contribution in [2.24, 2.45) is 0 Å². The van der Waals surface area contributed by atoms with E-state index in [4.69, 9.17) is 27.9 Å². The van der Waals surface area contributed by atoms with Crippen molar-refractivity contribution >= 4 is 23.2 Å². The van der Waals surface area contributed by atoms with Gasteiger partial charge >= 0.3 is 0 Å². The summed E-state index contributed by atoms with van der Waals surface area (Å²) in [4.78, 5) is 0. The average Bonchev–Trinajstić information content (AvgIpc) is 2.55. The van der Waals surface area contributed by atoms with Gasteiger partial charge in [-0.15, -0.1) is 0 Å². The number of halogens is 2. The van der Waals surface area contributed by atoms with Gasteiger partial charge < -0.3 is 15.4 Å². The fraction of sp³-hybridized carbons (Fsp3) is 0.333. The molecular weight excluding hydrogens is 331 g/mol. The number of rotatable bonds is 9. The van der Waals surface area contributed by atoms with E-state index in [0.29, 0.717) is 22.4 Å². The van der Waals surface area contributed by atoms with Gasteiger partial charge in [-0.2, -0.15) is 0 Å². The smallest absolute Gasteiger partial charge is 0.156 e. The summed E-state index contributed by atoms with van der Waals surface area (Å²) in [5, 5.41) is 7.58. The Hall–Kier alpha value is -1.26. The molecule has 3 nitrogen and oxygen atoms in total. The molecule has 0 aliphatic heterocycles. The summed E-state index contributed by atoms with van der Waals surface area (Å²) in [6.07, 6.45) is 1.08. The van der Waals surface area contributed by atoms with Crippen LogP contribution in [0.2, 0.25) is 10.0 Å². The molecule has 0 amide bonds. The third kappa shape index (κ3) is 6.04. The highest BCUT2D eigenvalue weighted by Crippen LogP contribution is 2.34. The van der Waals surface area contributed by atoms with Crippen molar-refractivity contribution < 1.29 is 4.74 Å². The SMILES string of the molecule is CNCCCNCc1cc(Cl)c(OCc2ccccc2)c(Cl)c1. The van der Waals surface area contributed by atoms with E-state index in [-0.39, 0.29) is 0 Å². The fourth-order valence-corrected chi connectivity index (χ4v) is 2.85. The molecule has 0 aromatic heterocycles. The Bertz CT molecular complexity index is 582. The molecule has 2 N–H and O–H groups in total. The van der Waals surface area contributed by atoms with Crippen LogP contribution in [0.3, 0.4) is 0 Å². The van der Waals surface area contributed by atoms with E-state index in [9.17, 15) is 0 Å². The fourth-order valence-electron chi connectivity index (χ4n) is 2.20. The van der Waals surface area contributed by atoms with Gasteiger partial charge in [0.2, 0.25) is 0 Å². The van der Waals surface area contributed by atoms with E-state index >= 15 is 0 Å². The Morgan fingerprint density at radius 2 is 1.65 bits per heavy atom. The van der Waals surface area contributed by atoms with Crippen molar-refractivity contribution in [1.29, 1.82) is 0 Å². The van der Waals surface area contributed by atoms with Gasteiger partial charge in [0.1, 0.15) is 6.61 Å². The van der Waals surface area contributed by atoms with Crippen LogP contribution >= 0.6 is 23.2 Å². The molecule has 5 heteroatoms. The topological polar surface area (TPSA) is 33.3 Å². The molecule has 23 heavy (non-hydrogen) atoms. The second-order valence-electron chi connectivity index (χ2n) is 5.30. The van der Waals surface area contributed by atoms with Crippen LogP contribution in [0.25, 0.3) is 0 Å². The van der Waals surface area contributed by atoms with Gasteiger partial charge in [-0.25, -0.2) is 0 Å². The maximum absolute atomic E-state index is 6.32. The second-order valence-corrected chi connectivity index (χ2v) is 6.11. The minimum absolute atomic E-state index is 0.446. The zero-order valence-electron chi connectivity index (χ0n) is 13.2. The lowest BCUT2D eigenvalue weighted by molar-refractivity contribution is 0.306. The summed E-state index contributed by atoms with van der Waals surface area (Å²) in [6, 6.07) is 13.7. The molecule has 0 bridgehead atoms. The Kier molecular flexibility index (Phi) is 7.69. The lowest BCUT2D eigenvalue weighted by atomic mass is 10.2.